The molecule has 1 aliphatic heterocycles. The van der Waals surface area contributed by atoms with Crippen LogP contribution in [0, 0.1) is 23.2 Å². The molecule has 1 N–H and O–H groups in total. The van der Waals surface area contributed by atoms with Gasteiger partial charge in [-0.2, -0.15) is 0 Å². The van der Waals surface area contributed by atoms with E-state index in [9.17, 15) is 4.79 Å². The van der Waals surface area contributed by atoms with Gasteiger partial charge < -0.3 is 9.84 Å². The highest BCUT2D eigenvalue weighted by Gasteiger charge is 2.43. The summed E-state index contributed by atoms with van der Waals surface area (Å²) in [5.74, 6) is 1.09. The van der Waals surface area contributed by atoms with E-state index >= 15 is 0 Å². The van der Waals surface area contributed by atoms with Crippen LogP contribution < -0.4 is 0 Å². The number of carboxylic acids is 1. The molecule has 1 saturated carbocycles. The van der Waals surface area contributed by atoms with Crippen molar-refractivity contribution in [2.24, 2.45) is 23.2 Å². The lowest BCUT2D eigenvalue weighted by Gasteiger charge is -2.49. The van der Waals surface area contributed by atoms with Gasteiger partial charge in [-0.3, -0.25) is 4.79 Å². The van der Waals surface area contributed by atoms with Crippen molar-refractivity contribution in [3.8, 4) is 0 Å². The lowest BCUT2D eigenvalue weighted by Crippen LogP contribution is -2.45. The van der Waals surface area contributed by atoms with Gasteiger partial charge in [0.1, 0.15) is 0 Å². The third kappa shape index (κ3) is 2.57. The monoisotopic (exact) mass is 226 g/mol. The Morgan fingerprint density at radius 3 is 2.38 bits per heavy atom. The third-order valence-electron chi connectivity index (χ3n) is 4.20. The Balaban J connectivity index is 2.00. The maximum atomic E-state index is 10.7. The van der Waals surface area contributed by atoms with Crippen LogP contribution in [0.15, 0.2) is 0 Å². The molecular weight excluding hydrogens is 204 g/mol. The first-order chi connectivity index (χ1) is 7.48. The Morgan fingerprint density at radius 2 is 1.88 bits per heavy atom. The van der Waals surface area contributed by atoms with Gasteiger partial charge in [-0.25, -0.2) is 0 Å². The fourth-order valence-electron chi connectivity index (χ4n) is 3.69. The predicted octanol–water partition coefficient (Wildman–Crippen LogP) is 2.55. The maximum Gasteiger partial charge on any atom is 0.303 e. The minimum Gasteiger partial charge on any atom is -0.481 e. The Kier molecular flexibility index (Phi) is 3.24. The van der Waals surface area contributed by atoms with Crippen LogP contribution in [0.2, 0.25) is 0 Å². The summed E-state index contributed by atoms with van der Waals surface area (Å²) in [6.07, 6.45) is 3.53. The molecule has 2 atom stereocenters. The summed E-state index contributed by atoms with van der Waals surface area (Å²) >= 11 is 0. The number of aliphatic carboxylic acids is 1. The van der Waals surface area contributed by atoms with E-state index in [4.69, 9.17) is 9.84 Å². The number of carbonyl (C=O) groups is 1. The molecule has 3 heteroatoms. The van der Waals surface area contributed by atoms with E-state index in [2.05, 4.69) is 13.8 Å². The molecule has 1 saturated heterocycles. The van der Waals surface area contributed by atoms with Gasteiger partial charge in [0, 0.05) is 19.6 Å². The quantitative estimate of drug-likeness (QED) is 0.804. The van der Waals surface area contributed by atoms with Gasteiger partial charge in [-0.05, 0) is 42.4 Å². The van der Waals surface area contributed by atoms with Crippen molar-refractivity contribution in [2.75, 3.05) is 13.2 Å². The minimum atomic E-state index is -0.663. The van der Waals surface area contributed by atoms with Crippen molar-refractivity contribution in [3.05, 3.63) is 0 Å². The molecule has 2 rings (SSSR count). The second kappa shape index (κ2) is 4.36. The van der Waals surface area contributed by atoms with E-state index in [1.165, 1.54) is 12.8 Å². The van der Waals surface area contributed by atoms with Crippen LogP contribution in [0.3, 0.4) is 0 Å². The number of ether oxygens (including phenoxy) is 1. The van der Waals surface area contributed by atoms with E-state index in [0.29, 0.717) is 29.6 Å². The minimum absolute atomic E-state index is 0.318. The van der Waals surface area contributed by atoms with Crippen LogP contribution in [-0.4, -0.2) is 24.3 Å². The number of fused-ring (bicyclic) bond motifs is 2. The van der Waals surface area contributed by atoms with Crippen molar-refractivity contribution in [3.63, 3.8) is 0 Å². The van der Waals surface area contributed by atoms with E-state index < -0.39 is 5.97 Å². The lowest BCUT2D eigenvalue weighted by molar-refractivity contribution is -0.139. The van der Waals surface area contributed by atoms with Gasteiger partial charge in [-0.15, -0.1) is 0 Å². The molecule has 3 nitrogen and oxygen atoms in total. The molecule has 1 heterocycles. The van der Waals surface area contributed by atoms with Crippen molar-refractivity contribution >= 4 is 5.97 Å². The van der Waals surface area contributed by atoms with Crippen LogP contribution in [0.25, 0.3) is 0 Å². The molecule has 2 unspecified atom stereocenters. The Morgan fingerprint density at radius 1 is 1.31 bits per heavy atom. The van der Waals surface area contributed by atoms with Gasteiger partial charge >= 0.3 is 5.97 Å². The highest BCUT2D eigenvalue weighted by atomic mass is 16.5. The number of rotatable bonds is 3. The normalized spacial score (nSPS) is 37.0. The zero-order valence-electron chi connectivity index (χ0n) is 10.2. The average Bonchev–Trinajstić information content (AvgIpc) is 2.13. The molecule has 92 valence electrons. The Hall–Kier alpha value is -0.570. The van der Waals surface area contributed by atoms with Crippen molar-refractivity contribution in [1.29, 1.82) is 0 Å². The van der Waals surface area contributed by atoms with Crippen LogP contribution in [-0.2, 0) is 9.53 Å². The summed E-state index contributed by atoms with van der Waals surface area (Å²) in [5.41, 5.74) is 0.416. The predicted molar refractivity (Wildman–Crippen MR) is 61.2 cm³/mol. The van der Waals surface area contributed by atoms with Gasteiger partial charge in [0.25, 0.3) is 0 Å². The van der Waals surface area contributed by atoms with E-state index in [1.54, 1.807) is 0 Å². The van der Waals surface area contributed by atoms with Crippen LogP contribution >= 0.6 is 0 Å². The summed E-state index contributed by atoms with van der Waals surface area (Å²) in [6, 6.07) is 0. The third-order valence-corrected chi connectivity index (χ3v) is 4.20. The first-order valence-electron chi connectivity index (χ1n) is 6.27. The smallest absolute Gasteiger partial charge is 0.303 e. The zero-order chi connectivity index (χ0) is 11.8. The van der Waals surface area contributed by atoms with Crippen molar-refractivity contribution in [1.82, 2.24) is 0 Å². The second-order valence-corrected chi connectivity index (χ2v) is 6.23. The fourth-order valence-corrected chi connectivity index (χ4v) is 3.69. The molecule has 0 spiro atoms. The first kappa shape index (κ1) is 11.9. The van der Waals surface area contributed by atoms with Crippen LogP contribution in [0.5, 0.6) is 0 Å². The van der Waals surface area contributed by atoms with Crippen LogP contribution in [0.4, 0.5) is 0 Å². The topological polar surface area (TPSA) is 46.5 Å². The molecule has 0 aromatic rings. The van der Waals surface area contributed by atoms with Gasteiger partial charge in [0.15, 0.2) is 0 Å². The first-order valence-corrected chi connectivity index (χ1v) is 6.27. The van der Waals surface area contributed by atoms with E-state index in [0.717, 1.165) is 19.6 Å². The van der Waals surface area contributed by atoms with E-state index in [-0.39, 0.29) is 0 Å². The average molecular weight is 226 g/mol. The van der Waals surface area contributed by atoms with Crippen molar-refractivity contribution in [2.45, 2.75) is 39.5 Å². The number of carboxylic acid groups (broad SMARTS) is 1. The lowest BCUT2D eigenvalue weighted by atomic mass is 9.60. The van der Waals surface area contributed by atoms with Crippen LogP contribution in [0.1, 0.15) is 39.5 Å². The maximum absolute atomic E-state index is 10.7. The summed E-state index contributed by atoms with van der Waals surface area (Å²) in [4.78, 5) is 10.7. The highest BCUT2D eigenvalue weighted by Crippen LogP contribution is 2.49. The van der Waals surface area contributed by atoms with Gasteiger partial charge in [0.05, 0.1) is 0 Å². The molecule has 0 aromatic heterocycles. The van der Waals surface area contributed by atoms with Gasteiger partial charge in [-0.1, -0.05) is 13.8 Å². The second-order valence-electron chi connectivity index (χ2n) is 6.23. The summed E-state index contributed by atoms with van der Waals surface area (Å²) in [6.45, 7) is 6.33. The summed E-state index contributed by atoms with van der Waals surface area (Å²) in [7, 11) is 0. The fraction of sp³-hybridized carbons (Fsp3) is 0.923. The molecule has 0 amide bonds. The van der Waals surface area contributed by atoms with Gasteiger partial charge in [0.2, 0.25) is 0 Å². The molecule has 1 aliphatic carbocycles. The standard InChI is InChI=1S/C13H22O3/c1-13(2)5-9-7-16-8-10(6-13)11(9)3-4-12(14)15/h9-11H,3-8H2,1-2H3,(H,14,15). The molecule has 0 radical (unpaired) electrons. The Labute approximate surface area is 97.2 Å². The summed E-state index contributed by atoms with van der Waals surface area (Å²) < 4.78 is 5.62. The molecule has 2 fully saturated rings. The zero-order valence-corrected chi connectivity index (χ0v) is 10.2. The highest BCUT2D eigenvalue weighted by molar-refractivity contribution is 5.66. The largest absolute Gasteiger partial charge is 0.481 e. The SMILES string of the molecule is CC1(C)CC2COCC(C1)C2CCC(=O)O. The van der Waals surface area contributed by atoms with E-state index in [1.807, 2.05) is 0 Å². The molecule has 2 aliphatic rings. The summed E-state index contributed by atoms with van der Waals surface area (Å²) in [5, 5.41) is 8.78. The molecule has 16 heavy (non-hydrogen) atoms. The molecule has 2 bridgehead atoms. The Bertz CT molecular complexity index is 256. The molecule has 0 aromatic carbocycles. The van der Waals surface area contributed by atoms with Crippen molar-refractivity contribution < 1.29 is 14.6 Å². The number of hydrogen-bond acceptors (Lipinski definition) is 2. The molecular formula is C13H22O3. The number of hydrogen-bond donors (Lipinski definition) is 1.